The summed E-state index contributed by atoms with van der Waals surface area (Å²) in [5.41, 5.74) is 1.98. The molecule has 2 aromatic heterocycles. The van der Waals surface area contributed by atoms with E-state index in [4.69, 9.17) is 4.74 Å². The molecule has 96 valence electrons. The normalized spacial score (nSPS) is 10.4. The van der Waals surface area contributed by atoms with Gasteiger partial charge in [0.1, 0.15) is 0 Å². The molecule has 0 aliphatic heterocycles. The van der Waals surface area contributed by atoms with Crippen molar-refractivity contribution in [2.24, 2.45) is 0 Å². The molecule has 0 aliphatic rings. The molecule has 2 aromatic rings. The minimum Gasteiger partial charge on any atom is -0.493 e. The molecule has 1 N–H and O–H groups in total. The van der Waals surface area contributed by atoms with Crippen molar-refractivity contribution < 1.29 is 4.74 Å². The van der Waals surface area contributed by atoms with E-state index in [1.807, 2.05) is 24.3 Å². The first-order chi connectivity index (χ1) is 8.72. The number of nitrogens with one attached hydrogen (secondary N) is 1. The average Bonchev–Trinajstić information content (AvgIpc) is 2.84. The topological polar surface area (TPSA) is 34.2 Å². The SMILES string of the molecule is CCc1ccc(CNc2cc(C)ncc2OC)s1. The Labute approximate surface area is 112 Å². The van der Waals surface area contributed by atoms with Gasteiger partial charge in [-0.05, 0) is 31.5 Å². The Morgan fingerprint density at radius 2 is 2.11 bits per heavy atom. The van der Waals surface area contributed by atoms with Crippen LogP contribution >= 0.6 is 11.3 Å². The number of methoxy groups -OCH3 is 1. The third-order valence-electron chi connectivity index (χ3n) is 2.74. The molecular weight excluding hydrogens is 244 g/mol. The largest absolute Gasteiger partial charge is 0.493 e. The van der Waals surface area contributed by atoms with Crippen molar-refractivity contribution >= 4 is 17.0 Å². The number of rotatable bonds is 5. The predicted molar refractivity (Wildman–Crippen MR) is 76.5 cm³/mol. The van der Waals surface area contributed by atoms with Gasteiger partial charge in [0, 0.05) is 22.0 Å². The molecule has 0 saturated carbocycles. The first-order valence-electron chi connectivity index (χ1n) is 6.05. The van der Waals surface area contributed by atoms with Crippen molar-refractivity contribution in [3.63, 3.8) is 0 Å². The molecule has 0 bridgehead atoms. The van der Waals surface area contributed by atoms with Crippen molar-refractivity contribution in [1.82, 2.24) is 4.98 Å². The molecule has 18 heavy (non-hydrogen) atoms. The number of thiophene rings is 1. The summed E-state index contributed by atoms with van der Waals surface area (Å²) in [6, 6.07) is 6.38. The van der Waals surface area contributed by atoms with Crippen LogP contribution in [0.25, 0.3) is 0 Å². The molecule has 0 radical (unpaired) electrons. The van der Waals surface area contributed by atoms with Crippen LogP contribution in [0.2, 0.25) is 0 Å². The highest BCUT2D eigenvalue weighted by Crippen LogP contribution is 2.25. The number of hydrogen-bond donors (Lipinski definition) is 1. The highest BCUT2D eigenvalue weighted by Gasteiger charge is 2.04. The first kappa shape index (κ1) is 12.9. The van der Waals surface area contributed by atoms with E-state index in [0.29, 0.717) is 0 Å². The van der Waals surface area contributed by atoms with E-state index >= 15 is 0 Å². The average molecular weight is 262 g/mol. The number of aromatic nitrogens is 1. The van der Waals surface area contributed by atoms with Gasteiger partial charge >= 0.3 is 0 Å². The van der Waals surface area contributed by atoms with E-state index in [9.17, 15) is 0 Å². The summed E-state index contributed by atoms with van der Waals surface area (Å²) in [4.78, 5) is 6.98. The van der Waals surface area contributed by atoms with E-state index in [-0.39, 0.29) is 0 Å². The summed E-state index contributed by atoms with van der Waals surface area (Å²) in [6.45, 7) is 4.98. The number of pyridine rings is 1. The second-order valence-corrected chi connectivity index (χ2v) is 5.35. The molecule has 4 heteroatoms. The van der Waals surface area contributed by atoms with Crippen LogP contribution in [-0.4, -0.2) is 12.1 Å². The highest BCUT2D eigenvalue weighted by atomic mass is 32.1. The number of hydrogen-bond acceptors (Lipinski definition) is 4. The van der Waals surface area contributed by atoms with Crippen molar-refractivity contribution in [1.29, 1.82) is 0 Å². The summed E-state index contributed by atoms with van der Waals surface area (Å²) < 4.78 is 5.29. The minimum atomic E-state index is 0.785. The van der Waals surface area contributed by atoms with Crippen LogP contribution in [0.4, 0.5) is 5.69 Å². The summed E-state index contributed by atoms with van der Waals surface area (Å²) in [7, 11) is 1.66. The molecule has 0 fully saturated rings. The number of ether oxygens (including phenoxy) is 1. The third-order valence-corrected chi connectivity index (χ3v) is 3.97. The van der Waals surface area contributed by atoms with Crippen LogP contribution in [-0.2, 0) is 13.0 Å². The van der Waals surface area contributed by atoms with Crippen molar-refractivity contribution in [2.75, 3.05) is 12.4 Å². The molecule has 0 atom stereocenters. The molecule has 0 aliphatic carbocycles. The Morgan fingerprint density at radius 3 is 2.78 bits per heavy atom. The second kappa shape index (κ2) is 5.87. The van der Waals surface area contributed by atoms with Gasteiger partial charge in [0.15, 0.2) is 5.75 Å². The lowest BCUT2D eigenvalue weighted by Gasteiger charge is -2.10. The van der Waals surface area contributed by atoms with Crippen molar-refractivity contribution in [3.8, 4) is 5.75 Å². The maximum absolute atomic E-state index is 5.29. The molecular formula is C14H18N2OS. The van der Waals surface area contributed by atoms with E-state index in [1.54, 1.807) is 13.3 Å². The lowest BCUT2D eigenvalue weighted by atomic mass is 10.3. The van der Waals surface area contributed by atoms with Crippen molar-refractivity contribution in [2.45, 2.75) is 26.8 Å². The highest BCUT2D eigenvalue weighted by molar-refractivity contribution is 7.12. The smallest absolute Gasteiger partial charge is 0.160 e. The predicted octanol–water partition coefficient (Wildman–Crippen LogP) is 3.63. The van der Waals surface area contributed by atoms with Gasteiger partial charge in [0.05, 0.1) is 19.0 Å². The fourth-order valence-electron chi connectivity index (χ4n) is 1.74. The molecule has 0 spiro atoms. The maximum atomic E-state index is 5.29. The Kier molecular flexibility index (Phi) is 4.20. The zero-order valence-corrected chi connectivity index (χ0v) is 11.8. The summed E-state index contributed by atoms with van der Waals surface area (Å²) in [5, 5.41) is 3.40. The van der Waals surface area contributed by atoms with Gasteiger partial charge in [0.2, 0.25) is 0 Å². The molecule has 0 aromatic carbocycles. The van der Waals surface area contributed by atoms with Gasteiger partial charge in [-0.1, -0.05) is 6.92 Å². The Hall–Kier alpha value is -1.55. The van der Waals surface area contributed by atoms with E-state index in [2.05, 4.69) is 29.4 Å². The van der Waals surface area contributed by atoms with Crippen LogP contribution in [0.3, 0.4) is 0 Å². The summed E-state index contributed by atoms with van der Waals surface area (Å²) in [5.74, 6) is 0.785. The third kappa shape index (κ3) is 3.01. The summed E-state index contributed by atoms with van der Waals surface area (Å²) >= 11 is 1.85. The van der Waals surface area contributed by atoms with Crippen LogP contribution in [0, 0.1) is 6.92 Å². The fourth-order valence-corrected chi connectivity index (χ4v) is 2.64. The molecule has 0 saturated heterocycles. The zero-order chi connectivity index (χ0) is 13.0. The fraction of sp³-hybridized carbons (Fsp3) is 0.357. The van der Waals surface area contributed by atoms with Gasteiger partial charge < -0.3 is 10.1 Å². The number of aryl methyl sites for hydroxylation is 2. The lowest BCUT2D eigenvalue weighted by Crippen LogP contribution is -2.01. The molecule has 3 nitrogen and oxygen atoms in total. The Balaban J connectivity index is 2.07. The Morgan fingerprint density at radius 1 is 1.33 bits per heavy atom. The standard InChI is InChI=1S/C14H18N2OS/c1-4-11-5-6-12(18-11)8-16-13-7-10(2)15-9-14(13)17-3/h5-7,9H,4,8H2,1-3H3,(H,15,16). The summed E-state index contributed by atoms with van der Waals surface area (Å²) in [6.07, 6.45) is 2.85. The van der Waals surface area contributed by atoms with Crippen molar-refractivity contribution in [3.05, 3.63) is 39.8 Å². The molecule has 2 rings (SSSR count). The monoisotopic (exact) mass is 262 g/mol. The van der Waals surface area contributed by atoms with Gasteiger partial charge in [-0.15, -0.1) is 11.3 Å². The number of anilines is 1. The van der Waals surface area contributed by atoms with E-state index in [1.165, 1.54) is 9.75 Å². The van der Waals surface area contributed by atoms with E-state index in [0.717, 1.165) is 30.1 Å². The van der Waals surface area contributed by atoms with Crippen LogP contribution in [0.5, 0.6) is 5.75 Å². The van der Waals surface area contributed by atoms with Crippen LogP contribution in [0.1, 0.15) is 22.4 Å². The zero-order valence-electron chi connectivity index (χ0n) is 11.0. The van der Waals surface area contributed by atoms with Crippen LogP contribution < -0.4 is 10.1 Å². The Bertz CT molecular complexity index is 522. The van der Waals surface area contributed by atoms with E-state index < -0.39 is 0 Å². The maximum Gasteiger partial charge on any atom is 0.160 e. The van der Waals surface area contributed by atoms with Crippen LogP contribution in [0.15, 0.2) is 24.4 Å². The quantitative estimate of drug-likeness (QED) is 0.893. The van der Waals surface area contributed by atoms with Gasteiger partial charge in [-0.3, -0.25) is 4.98 Å². The molecule has 0 amide bonds. The van der Waals surface area contributed by atoms with Gasteiger partial charge in [-0.25, -0.2) is 0 Å². The van der Waals surface area contributed by atoms with Gasteiger partial charge in [-0.2, -0.15) is 0 Å². The first-order valence-corrected chi connectivity index (χ1v) is 6.86. The lowest BCUT2D eigenvalue weighted by molar-refractivity contribution is 0.414. The second-order valence-electron chi connectivity index (χ2n) is 4.10. The van der Waals surface area contributed by atoms with Gasteiger partial charge in [0.25, 0.3) is 0 Å². The molecule has 2 heterocycles. The number of nitrogens with zero attached hydrogens (tertiary/aromatic N) is 1. The molecule has 0 unspecified atom stereocenters. The minimum absolute atomic E-state index is 0.785.